The van der Waals surface area contributed by atoms with Gasteiger partial charge in [0.2, 0.25) is 5.89 Å². The predicted molar refractivity (Wildman–Crippen MR) is 71.7 cm³/mol. The first kappa shape index (κ1) is 15.1. The molecular formula is C11H16F2N2O2S2. The van der Waals surface area contributed by atoms with Gasteiger partial charge in [0.05, 0.1) is 11.7 Å². The van der Waals surface area contributed by atoms with Gasteiger partial charge in [-0.25, -0.2) is 8.78 Å². The van der Waals surface area contributed by atoms with Gasteiger partial charge in [0.25, 0.3) is 6.43 Å². The number of alkyl halides is 2. The Morgan fingerprint density at radius 1 is 1.42 bits per heavy atom. The Morgan fingerprint density at radius 2 is 2.16 bits per heavy atom. The molecule has 2 rings (SSSR count). The molecule has 1 N–H and O–H groups in total. The second-order valence-corrected chi connectivity index (χ2v) is 7.52. The summed E-state index contributed by atoms with van der Waals surface area (Å²) in [6.45, 7) is 4.33. The van der Waals surface area contributed by atoms with Crippen molar-refractivity contribution in [2.75, 3.05) is 5.75 Å². The van der Waals surface area contributed by atoms with Gasteiger partial charge in [-0.2, -0.15) is 16.7 Å². The molecule has 4 atom stereocenters. The number of aromatic nitrogens is 2. The molecular weight excluding hydrogens is 294 g/mol. The molecule has 1 saturated heterocycles. The summed E-state index contributed by atoms with van der Waals surface area (Å²) in [6, 6.07) is 0. The smallest absolute Gasteiger partial charge is 0.264 e. The molecule has 1 fully saturated rings. The lowest BCUT2D eigenvalue weighted by Crippen LogP contribution is -2.22. The summed E-state index contributed by atoms with van der Waals surface area (Å²) in [6.07, 6.45) is -4.85. The van der Waals surface area contributed by atoms with Crippen LogP contribution in [0.15, 0.2) is 4.52 Å². The van der Waals surface area contributed by atoms with Crippen molar-refractivity contribution in [1.29, 1.82) is 0 Å². The van der Waals surface area contributed by atoms with Gasteiger partial charge in [-0.3, -0.25) is 0 Å². The van der Waals surface area contributed by atoms with Crippen molar-refractivity contribution >= 4 is 23.5 Å². The number of aliphatic hydroxyl groups excluding tert-OH is 1. The maximum Gasteiger partial charge on any atom is 0.264 e. The van der Waals surface area contributed by atoms with Crippen LogP contribution in [0.1, 0.15) is 30.8 Å². The highest BCUT2D eigenvalue weighted by Crippen LogP contribution is 2.43. The monoisotopic (exact) mass is 310 g/mol. The number of nitrogens with zero attached hydrogens (tertiary/aromatic N) is 2. The Bertz CT molecular complexity index is 419. The van der Waals surface area contributed by atoms with Crippen molar-refractivity contribution < 1.29 is 18.4 Å². The summed E-state index contributed by atoms with van der Waals surface area (Å²) >= 11 is 3.61. The zero-order valence-corrected chi connectivity index (χ0v) is 12.3. The summed E-state index contributed by atoms with van der Waals surface area (Å²) < 4.78 is 29.4. The molecule has 19 heavy (non-hydrogen) atoms. The van der Waals surface area contributed by atoms with Gasteiger partial charge >= 0.3 is 0 Å². The minimum Gasteiger partial charge on any atom is -0.387 e. The van der Waals surface area contributed by atoms with Crippen molar-refractivity contribution in [3.05, 3.63) is 11.7 Å². The second kappa shape index (κ2) is 6.41. The molecule has 2 heterocycles. The van der Waals surface area contributed by atoms with E-state index in [1.807, 2.05) is 11.8 Å². The van der Waals surface area contributed by atoms with Gasteiger partial charge in [-0.05, 0) is 0 Å². The van der Waals surface area contributed by atoms with Crippen LogP contribution >= 0.6 is 23.5 Å². The molecule has 4 nitrogen and oxygen atoms in total. The van der Waals surface area contributed by atoms with Crippen LogP contribution in [0.2, 0.25) is 0 Å². The van der Waals surface area contributed by atoms with E-state index in [0.717, 1.165) is 5.75 Å². The lowest BCUT2D eigenvalue weighted by Gasteiger charge is -2.29. The molecule has 0 bridgehead atoms. The molecule has 1 aromatic rings. The van der Waals surface area contributed by atoms with E-state index in [9.17, 15) is 8.78 Å². The fraction of sp³-hybridized carbons (Fsp3) is 0.818. The van der Waals surface area contributed by atoms with Crippen molar-refractivity contribution in [1.82, 2.24) is 10.1 Å². The van der Waals surface area contributed by atoms with E-state index in [2.05, 4.69) is 24.0 Å². The van der Waals surface area contributed by atoms with Crippen molar-refractivity contribution in [3.63, 3.8) is 0 Å². The predicted octanol–water partition coefficient (Wildman–Crippen LogP) is 2.54. The van der Waals surface area contributed by atoms with E-state index in [4.69, 9.17) is 9.63 Å². The van der Waals surface area contributed by atoms with E-state index < -0.39 is 12.5 Å². The van der Waals surface area contributed by atoms with Gasteiger partial charge in [-0.15, -0.1) is 11.8 Å². The average molecular weight is 310 g/mol. The standard InChI is InChI=1S/C11H16F2N2O2S2/c1-5-6(2)19-8(4-18-5)11-14-9(17-15-11)3-7(16)10(12)13/h5-8,10,16H,3-4H2,1-2H3. The summed E-state index contributed by atoms with van der Waals surface area (Å²) in [5, 5.41) is 14.1. The van der Waals surface area contributed by atoms with Crippen LogP contribution in [0.25, 0.3) is 0 Å². The van der Waals surface area contributed by atoms with Crippen LogP contribution in [0.4, 0.5) is 8.78 Å². The molecule has 0 amide bonds. The summed E-state index contributed by atoms with van der Waals surface area (Å²) in [5.74, 6) is 1.49. The molecule has 0 aliphatic carbocycles. The third-order valence-corrected chi connectivity index (χ3v) is 6.38. The fourth-order valence-electron chi connectivity index (χ4n) is 1.67. The Hall–Kier alpha value is -0.340. The Balaban J connectivity index is 1.97. The van der Waals surface area contributed by atoms with Crippen LogP contribution in [0.5, 0.6) is 0 Å². The number of thioether (sulfide) groups is 2. The number of halogens is 2. The summed E-state index contributed by atoms with van der Waals surface area (Å²) in [7, 11) is 0. The number of rotatable bonds is 4. The van der Waals surface area contributed by atoms with Gasteiger partial charge < -0.3 is 9.63 Å². The molecule has 4 unspecified atom stereocenters. The third-order valence-electron chi connectivity index (χ3n) is 3.00. The maximum absolute atomic E-state index is 12.2. The lowest BCUT2D eigenvalue weighted by molar-refractivity contribution is -0.00754. The number of aliphatic hydroxyl groups is 1. The minimum atomic E-state index is -2.80. The highest BCUT2D eigenvalue weighted by atomic mass is 32.2. The topological polar surface area (TPSA) is 59.2 Å². The molecule has 1 aromatic heterocycles. The normalized spacial score (nSPS) is 29.7. The molecule has 1 aliphatic rings. The Labute approximate surface area is 118 Å². The highest BCUT2D eigenvalue weighted by molar-refractivity contribution is 8.07. The Kier molecular flexibility index (Phi) is 5.08. The molecule has 0 radical (unpaired) electrons. The first-order chi connectivity index (χ1) is 8.97. The van der Waals surface area contributed by atoms with Gasteiger partial charge in [-0.1, -0.05) is 19.0 Å². The molecule has 0 aromatic carbocycles. The average Bonchev–Trinajstić information content (AvgIpc) is 2.81. The van der Waals surface area contributed by atoms with E-state index in [0.29, 0.717) is 16.3 Å². The first-order valence-electron chi connectivity index (χ1n) is 6.03. The number of hydrogen-bond acceptors (Lipinski definition) is 6. The van der Waals surface area contributed by atoms with Gasteiger partial charge in [0.15, 0.2) is 5.82 Å². The number of hydrogen-bond donors (Lipinski definition) is 1. The summed E-state index contributed by atoms with van der Waals surface area (Å²) in [4.78, 5) is 4.11. The largest absolute Gasteiger partial charge is 0.387 e. The minimum absolute atomic E-state index is 0.0691. The molecule has 108 valence electrons. The van der Waals surface area contributed by atoms with E-state index >= 15 is 0 Å². The third kappa shape index (κ3) is 3.82. The summed E-state index contributed by atoms with van der Waals surface area (Å²) in [5.41, 5.74) is 0. The van der Waals surface area contributed by atoms with Crippen LogP contribution in [-0.4, -0.2) is 44.0 Å². The SMILES string of the molecule is CC1SCC(c2noc(CC(O)C(F)F)n2)SC1C. The highest BCUT2D eigenvalue weighted by Gasteiger charge is 2.30. The Morgan fingerprint density at radius 3 is 2.79 bits per heavy atom. The maximum atomic E-state index is 12.2. The van der Waals surface area contributed by atoms with Gasteiger partial charge in [0.1, 0.15) is 6.10 Å². The van der Waals surface area contributed by atoms with Crippen molar-refractivity contribution in [2.45, 2.75) is 48.5 Å². The fourth-order valence-corrected chi connectivity index (χ4v) is 4.50. The zero-order valence-electron chi connectivity index (χ0n) is 10.6. The quantitative estimate of drug-likeness (QED) is 0.922. The van der Waals surface area contributed by atoms with Crippen LogP contribution in [0.3, 0.4) is 0 Å². The molecule has 8 heteroatoms. The van der Waals surface area contributed by atoms with E-state index in [1.54, 1.807) is 11.8 Å². The molecule has 1 aliphatic heterocycles. The first-order valence-corrected chi connectivity index (χ1v) is 8.02. The lowest BCUT2D eigenvalue weighted by atomic mass is 10.2. The van der Waals surface area contributed by atoms with Crippen molar-refractivity contribution in [2.24, 2.45) is 0 Å². The second-order valence-electron chi connectivity index (χ2n) is 4.52. The molecule has 0 saturated carbocycles. The van der Waals surface area contributed by atoms with Gasteiger partial charge in [0, 0.05) is 16.3 Å². The molecule has 0 spiro atoms. The van der Waals surface area contributed by atoms with E-state index in [1.165, 1.54) is 0 Å². The van der Waals surface area contributed by atoms with Crippen LogP contribution in [0, 0.1) is 0 Å². The van der Waals surface area contributed by atoms with E-state index in [-0.39, 0.29) is 17.6 Å². The van der Waals surface area contributed by atoms with Crippen molar-refractivity contribution in [3.8, 4) is 0 Å². The van der Waals surface area contributed by atoms with Crippen LogP contribution in [-0.2, 0) is 6.42 Å². The van der Waals surface area contributed by atoms with Crippen LogP contribution < -0.4 is 0 Å². The zero-order chi connectivity index (χ0) is 14.0.